The van der Waals surface area contributed by atoms with Crippen molar-refractivity contribution in [2.75, 3.05) is 40.3 Å². The first kappa shape index (κ1) is 30.2. The number of rotatable bonds is 13. The largest absolute Gasteiger partial charge is 0.413 e. The molecule has 0 radical (unpaired) electrons. The van der Waals surface area contributed by atoms with Crippen molar-refractivity contribution in [1.29, 1.82) is 0 Å². The maximum atomic E-state index is 9.43. The van der Waals surface area contributed by atoms with Gasteiger partial charge in [-0.3, -0.25) is 0 Å². The van der Waals surface area contributed by atoms with Crippen LogP contribution in [0.15, 0.2) is 0 Å². The van der Waals surface area contributed by atoms with Crippen LogP contribution in [0, 0.1) is 28.6 Å². The summed E-state index contributed by atoms with van der Waals surface area (Å²) in [7, 11) is -0.132. The Hall–Kier alpha value is 0.0169. The number of methoxy groups -OCH3 is 1. The molecule has 0 heterocycles. The highest BCUT2D eigenvalue weighted by Crippen LogP contribution is 2.63. The summed E-state index contributed by atoms with van der Waals surface area (Å²) < 4.78 is 23.7. The molecule has 0 unspecified atom stereocenters. The highest BCUT2D eigenvalue weighted by Gasteiger charge is 2.58. The Bertz CT molecular complexity index is 602. The zero-order chi connectivity index (χ0) is 25.6. The summed E-state index contributed by atoms with van der Waals surface area (Å²) in [6, 6.07) is 0. The molecule has 5 atom stereocenters. The summed E-state index contributed by atoms with van der Waals surface area (Å²) in [5.74, 6) is 1.82. The van der Waals surface area contributed by atoms with Crippen LogP contribution in [0.3, 0.4) is 0 Å². The lowest BCUT2D eigenvalue weighted by Gasteiger charge is -2.62. The van der Waals surface area contributed by atoms with E-state index in [2.05, 4.69) is 54.6 Å². The number of ether oxygens (including phenoxy) is 3. The summed E-state index contributed by atoms with van der Waals surface area (Å²) in [6.45, 7) is 21.9. The molecule has 0 aromatic rings. The molecule has 5 nitrogen and oxygen atoms in total. The highest BCUT2D eigenvalue weighted by molar-refractivity contribution is 6.74. The van der Waals surface area contributed by atoms with E-state index >= 15 is 0 Å². The molecule has 0 saturated heterocycles. The average molecular weight is 501 g/mol. The van der Waals surface area contributed by atoms with Crippen molar-refractivity contribution in [2.45, 2.75) is 111 Å². The maximum Gasteiger partial charge on any atom is 0.192 e. The second-order valence-corrected chi connectivity index (χ2v) is 18.1. The van der Waals surface area contributed by atoms with E-state index in [0.29, 0.717) is 43.9 Å². The molecule has 2 aliphatic carbocycles. The van der Waals surface area contributed by atoms with Gasteiger partial charge in [-0.25, -0.2) is 0 Å². The van der Waals surface area contributed by atoms with Gasteiger partial charge in [0, 0.05) is 13.7 Å². The van der Waals surface area contributed by atoms with Crippen LogP contribution in [-0.4, -0.2) is 59.9 Å². The number of hydrogen-bond acceptors (Lipinski definition) is 5. The zero-order valence-electron chi connectivity index (χ0n) is 23.9. The Morgan fingerprint density at radius 1 is 0.971 bits per heavy atom. The summed E-state index contributed by atoms with van der Waals surface area (Å²) in [4.78, 5) is 0. The van der Waals surface area contributed by atoms with E-state index < -0.39 is 8.32 Å². The Morgan fingerprint density at radius 2 is 1.68 bits per heavy atom. The topological polar surface area (TPSA) is 57.2 Å². The third-order valence-corrected chi connectivity index (χ3v) is 14.3. The van der Waals surface area contributed by atoms with Crippen LogP contribution >= 0.6 is 0 Å². The highest BCUT2D eigenvalue weighted by atomic mass is 28.4. The van der Waals surface area contributed by atoms with Crippen molar-refractivity contribution >= 4 is 8.32 Å². The summed E-state index contributed by atoms with van der Waals surface area (Å²) in [6.07, 6.45) is 8.33. The fourth-order valence-corrected chi connectivity index (χ4v) is 8.26. The van der Waals surface area contributed by atoms with E-state index in [4.69, 9.17) is 18.6 Å². The van der Waals surface area contributed by atoms with Crippen LogP contribution < -0.4 is 0 Å². The normalized spacial score (nSPS) is 31.9. The van der Waals surface area contributed by atoms with E-state index in [1.54, 1.807) is 7.11 Å². The third kappa shape index (κ3) is 7.07. The van der Waals surface area contributed by atoms with Gasteiger partial charge in [0.05, 0.1) is 25.9 Å². The molecule has 2 rings (SSSR count). The molecule has 34 heavy (non-hydrogen) atoms. The number of hydrogen-bond donors (Lipinski definition) is 1. The fourth-order valence-electron chi connectivity index (χ4n) is 6.77. The molecule has 0 bridgehead atoms. The summed E-state index contributed by atoms with van der Waals surface area (Å²) in [5, 5.41) is 9.66. The first-order valence-electron chi connectivity index (χ1n) is 13.7. The predicted octanol–water partition coefficient (Wildman–Crippen LogP) is 6.65. The van der Waals surface area contributed by atoms with Gasteiger partial charge in [-0.2, -0.15) is 0 Å². The number of fused-ring (bicyclic) bond motifs is 1. The van der Waals surface area contributed by atoms with Crippen molar-refractivity contribution in [3.05, 3.63) is 0 Å². The minimum atomic E-state index is -1.82. The van der Waals surface area contributed by atoms with E-state index in [9.17, 15) is 5.11 Å². The van der Waals surface area contributed by atoms with Crippen LogP contribution in [0.4, 0.5) is 0 Å². The molecule has 0 aromatic heterocycles. The first-order valence-corrected chi connectivity index (χ1v) is 16.6. The number of aliphatic hydroxyl groups excluding tert-OH is 1. The van der Waals surface area contributed by atoms with Gasteiger partial charge < -0.3 is 23.7 Å². The third-order valence-electron chi connectivity index (χ3n) is 9.81. The van der Waals surface area contributed by atoms with E-state index in [-0.39, 0.29) is 22.5 Å². The molecule has 6 heteroatoms. The second kappa shape index (κ2) is 12.5. The van der Waals surface area contributed by atoms with Crippen molar-refractivity contribution in [1.82, 2.24) is 0 Å². The quantitative estimate of drug-likeness (QED) is 0.174. The van der Waals surface area contributed by atoms with Gasteiger partial charge in [-0.15, -0.1) is 0 Å². The Morgan fingerprint density at radius 3 is 2.29 bits per heavy atom. The Labute approximate surface area is 211 Å². The monoisotopic (exact) mass is 500 g/mol. The van der Waals surface area contributed by atoms with E-state index in [1.807, 2.05) is 0 Å². The lowest BCUT2D eigenvalue weighted by Crippen LogP contribution is -2.59. The van der Waals surface area contributed by atoms with Crippen molar-refractivity contribution in [3.63, 3.8) is 0 Å². The van der Waals surface area contributed by atoms with Crippen LogP contribution in [0.2, 0.25) is 18.1 Å². The van der Waals surface area contributed by atoms with Gasteiger partial charge in [0.2, 0.25) is 0 Å². The minimum Gasteiger partial charge on any atom is -0.413 e. The molecule has 1 N–H and O–H groups in total. The first-order chi connectivity index (χ1) is 15.8. The molecule has 202 valence electrons. The Kier molecular flexibility index (Phi) is 11.1. The van der Waals surface area contributed by atoms with Gasteiger partial charge in [-0.05, 0) is 85.2 Å². The zero-order valence-corrected chi connectivity index (χ0v) is 24.9. The number of unbranched alkanes of at least 4 members (excludes halogenated alkanes) is 1. The lowest BCUT2D eigenvalue weighted by molar-refractivity contribution is -0.162. The molecular weight excluding hydrogens is 444 g/mol. The summed E-state index contributed by atoms with van der Waals surface area (Å²) >= 11 is 0. The van der Waals surface area contributed by atoms with Crippen molar-refractivity contribution in [2.24, 2.45) is 28.6 Å². The van der Waals surface area contributed by atoms with Crippen LogP contribution in [0.1, 0.15) is 86.5 Å². The molecule has 0 aromatic carbocycles. The standard InChI is InChI=1S/C28H56O5Si/c1-26(2,3)34(8,9)33-25-15-16-28(6)23(12-10-11-17-29)22(13-14-24(28)27(25,4)5)20-32-21-31-19-18-30-7/h22-25,29H,10-21H2,1-9H3/t22-,23+,24+,25+,28-/m1/s1. The van der Waals surface area contributed by atoms with Gasteiger partial charge in [0.1, 0.15) is 6.79 Å². The van der Waals surface area contributed by atoms with Crippen molar-refractivity contribution < 1.29 is 23.7 Å². The van der Waals surface area contributed by atoms with Gasteiger partial charge in [0.15, 0.2) is 8.32 Å². The average Bonchev–Trinajstić information content (AvgIpc) is 2.73. The Balaban J connectivity index is 2.15. The lowest BCUT2D eigenvalue weighted by atomic mass is 9.45. The van der Waals surface area contributed by atoms with Gasteiger partial charge in [-0.1, -0.05) is 48.0 Å². The smallest absolute Gasteiger partial charge is 0.192 e. The summed E-state index contributed by atoms with van der Waals surface area (Å²) in [5.41, 5.74) is 0.447. The van der Waals surface area contributed by atoms with Gasteiger partial charge in [0.25, 0.3) is 0 Å². The molecule has 2 aliphatic rings. The fraction of sp³-hybridized carbons (Fsp3) is 1.00. The maximum absolute atomic E-state index is 9.43. The SMILES string of the molecule is COCCOCOC[C@H]1CC[C@H]2C(C)(C)[C@@H](O[Si](C)(C)C(C)(C)C)CC[C@]2(C)[C@H]1CCCCO. The van der Waals surface area contributed by atoms with Crippen molar-refractivity contribution in [3.8, 4) is 0 Å². The molecule has 0 amide bonds. The van der Waals surface area contributed by atoms with Crippen LogP contribution in [0.5, 0.6) is 0 Å². The second-order valence-electron chi connectivity index (χ2n) is 13.3. The molecule has 2 saturated carbocycles. The van der Waals surface area contributed by atoms with Crippen LogP contribution in [-0.2, 0) is 18.6 Å². The van der Waals surface area contributed by atoms with Gasteiger partial charge >= 0.3 is 0 Å². The molecule has 2 fully saturated rings. The molecular formula is C28H56O5Si. The van der Waals surface area contributed by atoms with Crippen LogP contribution in [0.25, 0.3) is 0 Å². The van der Waals surface area contributed by atoms with E-state index in [1.165, 1.54) is 25.7 Å². The molecule has 0 aliphatic heterocycles. The molecule has 0 spiro atoms. The minimum absolute atomic E-state index is 0.160. The predicted molar refractivity (Wildman–Crippen MR) is 142 cm³/mol. The van der Waals surface area contributed by atoms with E-state index in [0.717, 1.165) is 25.9 Å². The number of aliphatic hydroxyl groups is 1.